The van der Waals surface area contributed by atoms with E-state index in [-0.39, 0.29) is 12.1 Å². The lowest BCUT2D eigenvalue weighted by Gasteiger charge is -2.15. The molecule has 15 heavy (non-hydrogen) atoms. The number of hydrogen-bond donors (Lipinski definition) is 2. The van der Waals surface area contributed by atoms with Gasteiger partial charge < -0.3 is 15.2 Å². The predicted octanol–water partition coefficient (Wildman–Crippen LogP) is 1.11. The molecule has 0 aromatic heterocycles. The Morgan fingerprint density at radius 1 is 1.27 bits per heavy atom. The van der Waals surface area contributed by atoms with Crippen molar-refractivity contribution in [3.05, 3.63) is 34.9 Å². The second-order valence-corrected chi connectivity index (χ2v) is 4.31. The standard InChI is InChI=1S/C12H15NO2/c14-11-3-4-13-12(11)8-1-2-9-6-15-7-10(9)5-8/h1-2,5,11-14H,3-4,6-7H2. The summed E-state index contributed by atoms with van der Waals surface area (Å²) in [5.41, 5.74) is 3.74. The highest BCUT2D eigenvalue weighted by molar-refractivity contribution is 5.35. The number of nitrogens with one attached hydrogen (secondary N) is 1. The molecule has 2 N–H and O–H groups in total. The van der Waals surface area contributed by atoms with Crippen LogP contribution in [-0.4, -0.2) is 17.8 Å². The SMILES string of the molecule is OC1CCNC1c1ccc2c(c1)COC2. The Morgan fingerprint density at radius 3 is 2.93 bits per heavy atom. The van der Waals surface area contributed by atoms with Crippen molar-refractivity contribution in [1.29, 1.82) is 0 Å². The molecule has 3 nitrogen and oxygen atoms in total. The number of hydrogen-bond acceptors (Lipinski definition) is 3. The van der Waals surface area contributed by atoms with Crippen molar-refractivity contribution in [1.82, 2.24) is 5.32 Å². The fraction of sp³-hybridized carbons (Fsp3) is 0.500. The maximum atomic E-state index is 9.80. The summed E-state index contributed by atoms with van der Waals surface area (Å²) in [4.78, 5) is 0. The number of aliphatic hydroxyl groups is 1. The summed E-state index contributed by atoms with van der Waals surface area (Å²) in [6, 6.07) is 6.48. The van der Waals surface area contributed by atoms with Crippen LogP contribution in [-0.2, 0) is 18.0 Å². The minimum Gasteiger partial charge on any atom is -0.391 e. The van der Waals surface area contributed by atoms with Gasteiger partial charge in [-0.1, -0.05) is 18.2 Å². The van der Waals surface area contributed by atoms with Gasteiger partial charge in [-0.05, 0) is 29.7 Å². The van der Waals surface area contributed by atoms with Crippen LogP contribution in [0.25, 0.3) is 0 Å². The third-order valence-electron chi connectivity index (χ3n) is 3.29. The molecule has 0 bridgehead atoms. The molecule has 0 radical (unpaired) electrons. The summed E-state index contributed by atoms with van der Waals surface area (Å²) in [5, 5.41) is 13.1. The first-order valence-corrected chi connectivity index (χ1v) is 5.45. The van der Waals surface area contributed by atoms with Crippen LogP contribution in [0.5, 0.6) is 0 Å². The quantitative estimate of drug-likeness (QED) is 0.721. The molecule has 2 atom stereocenters. The molecule has 2 aliphatic rings. The van der Waals surface area contributed by atoms with E-state index < -0.39 is 0 Å². The van der Waals surface area contributed by atoms with Crippen molar-refractivity contribution in [3.63, 3.8) is 0 Å². The number of fused-ring (bicyclic) bond motifs is 1. The van der Waals surface area contributed by atoms with E-state index >= 15 is 0 Å². The summed E-state index contributed by atoms with van der Waals surface area (Å²) < 4.78 is 5.38. The molecule has 2 unspecified atom stereocenters. The summed E-state index contributed by atoms with van der Waals surface area (Å²) in [7, 11) is 0. The average Bonchev–Trinajstić information content (AvgIpc) is 2.84. The topological polar surface area (TPSA) is 41.5 Å². The monoisotopic (exact) mass is 205 g/mol. The Hall–Kier alpha value is -0.900. The molecule has 3 heteroatoms. The zero-order chi connectivity index (χ0) is 10.3. The van der Waals surface area contributed by atoms with Gasteiger partial charge in [-0.25, -0.2) is 0 Å². The molecular formula is C12H15NO2. The Kier molecular flexibility index (Phi) is 2.24. The fourth-order valence-electron chi connectivity index (χ4n) is 2.41. The van der Waals surface area contributed by atoms with E-state index in [2.05, 4.69) is 23.5 Å². The first kappa shape index (κ1) is 9.33. The number of ether oxygens (including phenoxy) is 1. The van der Waals surface area contributed by atoms with Gasteiger partial charge in [0.25, 0.3) is 0 Å². The smallest absolute Gasteiger partial charge is 0.0747 e. The van der Waals surface area contributed by atoms with Crippen LogP contribution >= 0.6 is 0 Å². The Balaban J connectivity index is 1.92. The second-order valence-electron chi connectivity index (χ2n) is 4.31. The maximum Gasteiger partial charge on any atom is 0.0747 e. The van der Waals surface area contributed by atoms with Gasteiger partial charge >= 0.3 is 0 Å². The van der Waals surface area contributed by atoms with Gasteiger partial charge in [-0.2, -0.15) is 0 Å². The Labute approximate surface area is 89.1 Å². The minimum absolute atomic E-state index is 0.107. The summed E-state index contributed by atoms with van der Waals surface area (Å²) in [6.07, 6.45) is 0.600. The van der Waals surface area contributed by atoms with Gasteiger partial charge in [0.05, 0.1) is 25.4 Å². The minimum atomic E-state index is -0.245. The van der Waals surface area contributed by atoms with Crippen LogP contribution in [0.4, 0.5) is 0 Å². The number of rotatable bonds is 1. The van der Waals surface area contributed by atoms with Crippen molar-refractivity contribution < 1.29 is 9.84 Å². The molecule has 1 aromatic carbocycles. The summed E-state index contributed by atoms with van der Waals surface area (Å²) >= 11 is 0. The molecule has 0 amide bonds. The third kappa shape index (κ3) is 1.57. The van der Waals surface area contributed by atoms with Crippen molar-refractivity contribution in [2.24, 2.45) is 0 Å². The van der Waals surface area contributed by atoms with Crippen LogP contribution in [0, 0.1) is 0 Å². The van der Waals surface area contributed by atoms with E-state index in [1.54, 1.807) is 0 Å². The Morgan fingerprint density at radius 2 is 2.13 bits per heavy atom. The number of benzene rings is 1. The molecule has 3 rings (SSSR count). The van der Waals surface area contributed by atoms with Crippen LogP contribution < -0.4 is 5.32 Å². The lowest BCUT2D eigenvalue weighted by atomic mass is 9.99. The summed E-state index contributed by atoms with van der Waals surface area (Å²) in [5.74, 6) is 0. The predicted molar refractivity (Wildman–Crippen MR) is 56.3 cm³/mol. The zero-order valence-corrected chi connectivity index (χ0v) is 8.57. The highest BCUT2D eigenvalue weighted by Gasteiger charge is 2.26. The Bertz CT molecular complexity index is 378. The molecule has 2 heterocycles. The molecule has 0 aliphatic carbocycles. The second kappa shape index (κ2) is 3.59. The fourth-order valence-corrected chi connectivity index (χ4v) is 2.41. The van der Waals surface area contributed by atoms with E-state index in [1.807, 2.05) is 0 Å². The molecule has 80 valence electrons. The molecule has 1 aromatic rings. The van der Waals surface area contributed by atoms with Gasteiger partial charge in [-0.3, -0.25) is 0 Å². The van der Waals surface area contributed by atoms with E-state index in [9.17, 15) is 5.11 Å². The first-order valence-electron chi connectivity index (χ1n) is 5.45. The van der Waals surface area contributed by atoms with Crippen molar-refractivity contribution >= 4 is 0 Å². The van der Waals surface area contributed by atoms with Crippen LogP contribution in [0.2, 0.25) is 0 Å². The van der Waals surface area contributed by atoms with Gasteiger partial charge in [0.1, 0.15) is 0 Å². The summed E-state index contributed by atoms with van der Waals surface area (Å²) in [6.45, 7) is 2.35. The highest BCUT2D eigenvalue weighted by atomic mass is 16.5. The van der Waals surface area contributed by atoms with Crippen molar-refractivity contribution in [3.8, 4) is 0 Å². The van der Waals surface area contributed by atoms with Crippen molar-refractivity contribution in [2.45, 2.75) is 31.8 Å². The van der Waals surface area contributed by atoms with E-state index in [0.717, 1.165) is 19.6 Å². The zero-order valence-electron chi connectivity index (χ0n) is 8.57. The number of aliphatic hydroxyl groups excluding tert-OH is 1. The lowest BCUT2D eigenvalue weighted by molar-refractivity contribution is 0.134. The van der Waals surface area contributed by atoms with Crippen LogP contribution in [0.1, 0.15) is 29.2 Å². The molecule has 1 saturated heterocycles. The molecule has 2 aliphatic heterocycles. The third-order valence-corrected chi connectivity index (χ3v) is 3.29. The van der Waals surface area contributed by atoms with Gasteiger partial charge in [0, 0.05) is 0 Å². The molecule has 0 saturated carbocycles. The van der Waals surface area contributed by atoms with Gasteiger partial charge in [0.2, 0.25) is 0 Å². The maximum absolute atomic E-state index is 9.80. The van der Waals surface area contributed by atoms with E-state index in [0.29, 0.717) is 6.61 Å². The molecular weight excluding hydrogens is 190 g/mol. The van der Waals surface area contributed by atoms with Crippen LogP contribution in [0.15, 0.2) is 18.2 Å². The average molecular weight is 205 g/mol. The molecule has 0 spiro atoms. The first-order chi connectivity index (χ1) is 7.34. The van der Waals surface area contributed by atoms with Gasteiger partial charge in [0.15, 0.2) is 0 Å². The van der Waals surface area contributed by atoms with Crippen LogP contribution in [0.3, 0.4) is 0 Å². The largest absolute Gasteiger partial charge is 0.391 e. The van der Waals surface area contributed by atoms with E-state index in [1.165, 1.54) is 16.7 Å². The van der Waals surface area contributed by atoms with Gasteiger partial charge in [-0.15, -0.1) is 0 Å². The highest BCUT2D eigenvalue weighted by Crippen LogP contribution is 2.28. The molecule has 1 fully saturated rings. The van der Waals surface area contributed by atoms with Crippen molar-refractivity contribution in [2.75, 3.05) is 6.54 Å². The van der Waals surface area contributed by atoms with E-state index in [4.69, 9.17) is 4.74 Å². The lowest BCUT2D eigenvalue weighted by Crippen LogP contribution is -2.20. The normalized spacial score (nSPS) is 29.4.